The highest BCUT2D eigenvalue weighted by Crippen LogP contribution is 2.07. The maximum Gasteiger partial charge on any atom is 0.0823 e. The Kier molecular flexibility index (Phi) is 2.76. The van der Waals surface area contributed by atoms with Gasteiger partial charge in [0.25, 0.3) is 0 Å². The van der Waals surface area contributed by atoms with E-state index in [1.54, 1.807) is 11.3 Å². The lowest BCUT2D eigenvalue weighted by Crippen LogP contribution is -2.48. The normalized spacial score (nSPS) is 17.7. The lowest BCUT2D eigenvalue weighted by atomic mass is 10.2. The van der Waals surface area contributed by atoms with Crippen molar-refractivity contribution in [2.24, 2.45) is 0 Å². The van der Waals surface area contributed by atoms with Crippen LogP contribution in [-0.4, -0.2) is 25.8 Å². The van der Waals surface area contributed by atoms with Gasteiger partial charge in [0.2, 0.25) is 0 Å². The predicted octanol–water partition coefficient (Wildman–Crippen LogP) is 1.28. The van der Waals surface area contributed by atoms with Crippen LogP contribution in [0.5, 0.6) is 0 Å². The van der Waals surface area contributed by atoms with E-state index in [0.29, 0.717) is 6.10 Å². The van der Waals surface area contributed by atoms with Gasteiger partial charge in [0.05, 0.1) is 12.7 Å². The van der Waals surface area contributed by atoms with Gasteiger partial charge < -0.3 is 10.1 Å². The molecule has 1 N–H and O–H groups in total. The maximum absolute atomic E-state index is 5.59. The second kappa shape index (κ2) is 4.03. The third-order valence-corrected chi connectivity index (χ3v) is 2.80. The zero-order valence-electron chi connectivity index (χ0n) is 6.95. The van der Waals surface area contributed by atoms with Gasteiger partial charge in [-0.15, -0.1) is 0 Å². The van der Waals surface area contributed by atoms with Crippen LogP contribution in [0.4, 0.5) is 0 Å². The van der Waals surface area contributed by atoms with Crippen LogP contribution in [0.15, 0.2) is 16.8 Å². The van der Waals surface area contributed by atoms with Gasteiger partial charge in [-0.2, -0.15) is 11.3 Å². The van der Waals surface area contributed by atoms with Crippen molar-refractivity contribution < 1.29 is 4.74 Å². The number of ether oxygens (including phenoxy) is 1. The van der Waals surface area contributed by atoms with Crippen molar-refractivity contribution in [2.45, 2.75) is 12.5 Å². The summed E-state index contributed by atoms with van der Waals surface area (Å²) in [5.41, 5.74) is 1.40. The summed E-state index contributed by atoms with van der Waals surface area (Å²) in [4.78, 5) is 0. The molecule has 2 heterocycles. The van der Waals surface area contributed by atoms with Crippen LogP contribution in [0.3, 0.4) is 0 Å². The molecule has 0 bridgehead atoms. The summed E-state index contributed by atoms with van der Waals surface area (Å²) in [6.45, 7) is 2.93. The molecule has 1 fully saturated rings. The van der Waals surface area contributed by atoms with Crippen molar-refractivity contribution in [3.05, 3.63) is 22.4 Å². The van der Waals surface area contributed by atoms with E-state index < -0.39 is 0 Å². The van der Waals surface area contributed by atoms with Crippen molar-refractivity contribution in [3.63, 3.8) is 0 Å². The fraction of sp³-hybridized carbons (Fsp3) is 0.556. The van der Waals surface area contributed by atoms with Crippen LogP contribution < -0.4 is 5.32 Å². The fourth-order valence-electron chi connectivity index (χ4n) is 1.16. The average molecular weight is 183 g/mol. The summed E-state index contributed by atoms with van der Waals surface area (Å²) in [6.07, 6.45) is 1.53. The van der Waals surface area contributed by atoms with Gasteiger partial charge in [0, 0.05) is 13.1 Å². The number of nitrogens with one attached hydrogen (secondary N) is 1. The Morgan fingerprint density at radius 2 is 2.50 bits per heavy atom. The molecule has 2 nitrogen and oxygen atoms in total. The van der Waals surface area contributed by atoms with Crippen LogP contribution in [0.1, 0.15) is 5.56 Å². The summed E-state index contributed by atoms with van der Waals surface area (Å²) in [7, 11) is 0. The van der Waals surface area contributed by atoms with Crippen LogP contribution >= 0.6 is 11.3 Å². The molecule has 0 spiro atoms. The van der Waals surface area contributed by atoms with Gasteiger partial charge in [-0.25, -0.2) is 0 Å². The molecule has 1 aliphatic heterocycles. The smallest absolute Gasteiger partial charge is 0.0823 e. The molecule has 0 aromatic carbocycles. The molecule has 0 aliphatic carbocycles. The topological polar surface area (TPSA) is 21.3 Å². The minimum absolute atomic E-state index is 0.476. The monoisotopic (exact) mass is 183 g/mol. The van der Waals surface area contributed by atoms with E-state index in [2.05, 4.69) is 22.1 Å². The van der Waals surface area contributed by atoms with Gasteiger partial charge in [0.1, 0.15) is 0 Å². The number of hydrogen-bond acceptors (Lipinski definition) is 3. The molecule has 0 unspecified atom stereocenters. The summed E-state index contributed by atoms with van der Waals surface area (Å²) in [6, 6.07) is 2.16. The molecule has 1 aliphatic rings. The van der Waals surface area contributed by atoms with Crippen LogP contribution in [0, 0.1) is 0 Å². The van der Waals surface area contributed by atoms with Gasteiger partial charge in [-0.1, -0.05) is 0 Å². The largest absolute Gasteiger partial charge is 0.375 e. The summed E-state index contributed by atoms with van der Waals surface area (Å²) >= 11 is 1.75. The third-order valence-electron chi connectivity index (χ3n) is 2.07. The van der Waals surface area contributed by atoms with Gasteiger partial charge in [-0.05, 0) is 28.8 Å². The Hall–Kier alpha value is -0.380. The molecule has 1 aromatic rings. The zero-order valence-corrected chi connectivity index (χ0v) is 7.77. The molecule has 0 radical (unpaired) electrons. The molecular weight excluding hydrogens is 170 g/mol. The van der Waals surface area contributed by atoms with Crippen LogP contribution in [0.2, 0.25) is 0 Å². The van der Waals surface area contributed by atoms with Crippen molar-refractivity contribution in [3.8, 4) is 0 Å². The van der Waals surface area contributed by atoms with E-state index in [0.717, 1.165) is 26.1 Å². The Labute approximate surface area is 76.6 Å². The van der Waals surface area contributed by atoms with Gasteiger partial charge >= 0.3 is 0 Å². The van der Waals surface area contributed by atoms with Crippen molar-refractivity contribution >= 4 is 11.3 Å². The Morgan fingerprint density at radius 3 is 3.08 bits per heavy atom. The Balaban J connectivity index is 1.62. The number of hydrogen-bond donors (Lipinski definition) is 1. The van der Waals surface area contributed by atoms with Crippen LogP contribution in [0.25, 0.3) is 0 Å². The molecule has 66 valence electrons. The molecule has 1 aromatic heterocycles. The van der Waals surface area contributed by atoms with Crippen molar-refractivity contribution in [1.29, 1.82) is 0 Å². The first-order valence-corrected chi connectivity index (χ1v) is 5.23. The van der Waals surface area contributed by atoms with Gasteiger partial charge in [0.15, 0.2) is 0 Å². The standard InChI is InChI=1S/C9H13NOS/c1(8-2-4-12-7-8)3-11-9-5-10-6-9/h2,4,7,9-10H,1,3,5-6H2. The lowest BCUT2D eigenvalue weighted by Gasteiger charge is -2.26. The summed E-state index contributed by atoms with van der Waals surface area (Å²) < 4.78 is 5.59. The second-order valence-electron chi connectivity index (χ2n) is 3.03. The number of rotatable bonds is 4. The lowest BCUT2D eigenvalue weighted by molar-refractivity contribution is 0.0208. The fourth-order valence-corrected chi connectivity index (χ4v) is 1.86. The van der Waals surface area contributed by atoms with E-state index in [-0.39, 0.29) is 0 Å². The van der Waals surface area contributed by atoms with Gasteiger partial charge in [-0.3, -0.25) is 0 Å². The SMILES string of the molecule is c1cc(CCOC2CNC2)cs1. The third kappa shape index (κ3) is 2.06. The Bertz CT molecular complexity index is 218. The summed E-state index contributed by atoms with van der Waals surface area (Å²) in [5.74, 6) is 0. The highest BCUT2D eigenvalue weighted by molar-refractivity contribution is 7.07. The molecule has 3 heteroatoms. The zero-order chi connectivity index (χ0) is 8.23. The van der Waals surface area contributed by atoms with Crippen molar-refractivity contribution in [1.82, 2.24) is 5.32 Å². The predicted molar refractivity (Wildman–Crippen MR) is 50.6 cm³/mol. The maximum atomic E-state index is 5.59. The summed E-state index contributed by atoms with van der Waals surface area (Å²) in [5, 5.41) is 7.48. The van der Waals surface area contributed by atoms with Crippen molar-refractivity contribution in [2.75, 3.05) is 19.7 Å². The minimum Gasteiger partial charge on any atom is -0.375 e. The first-order valence-electron chi connectivity index (χ1n) is 4.28. The first kappa shape index (κ1) is 8.23. The highest BCUT2D eigenvalue weighted by atomic mass is 32.1. The molecular formula is C9H13NOS. The molecule has 2 rings (SSSR count). The minimum atomic E-state index is 0.476. The van der Waals surface area contributed by atoms with E-state index >= 15 is 0 Å². The van der Waals surface area contributed by atoms with E-state index in [1.165, 1.54) is 5.56 Å². The van der Waals surface area contributed by atoms with E-state index in [1.807, 2.05) is 0 Å². The average Bonchev–Trinajstić information content (AvgIpc) is 2.46. The van der Waals surface area contributed by atoms with E-state index in [9.17, 15) is 0 Å². The Morgan fingerprint density at radius 1 is 1.58 bits per heavy atom. The first-order chi connectivity index (χ1) is 5.95. The van der Waals surface area contributed by atoms with E-state index in [4.69, 9.17) is 4.74 Å². The molecule has 0 atom stereocenters. The van der Waals surface area contributed by atoms with Crippen LogP contribution in [-0.2, 0) is 11.2 Å². The highest BCUT2D eigenvalue weighted by Gasteiger charge is 2.16. The molecule has 12 heavy (non-hydrogen) atoms. The quantitative estimate of drug-likeness (QED) is 0.759. The number of thiophene rings is 1. The molecule has 0 amide bonds. The molecule has 1 saturated heterocycles. The second-order valence-corrected chi connectivity index (χ2v) is 3.81. The molecule has 0 saturated carbocycles.